The number of aromatic nitrogens is 1. The molecule has 0 spiro atoms. The molecule has 0 aliphatic rings. The van der Waals surface area contributed by atoms with Gasteiger partial charge in [-0.1, -0.05) is 0 Å². The van der Waals surface area contributed by atoms with E-state index in [2.05, 4.69) is 4.98 Å². The first-order valence-electron chi connectivity index (χ1n) is 4.37. The highest BCUT2D eigenvalue weighted by atomic mass is 32.2. The Balaban J connectivity index is 2.11. The van der Waals surface area contributed by atoms with Gasteiger partial charge in [-0.25, -0.2) is 4.21 Å². The Kier molecular flexibility index (Phi) is 3.42. The van der Waals surface area contributed by atoms with Crippen molar-refractivity contribution in [2.24, 2.45) is 0 Å². The van der Waals surface area contributed by atoms with Crippen molar-refractivity contribution in [3.05, 3.63) is 52.3 Å². The average molecular weight is 235 g/mol. The second-order valence-corrected chi connectivity index (χ2v) is 4.96. The quantitative estimate of drug-likeness (QED) is 0.818. The minimum Gasteiger partial charge on any atom is -0.265 e. The van der Waals surface area contributed by atoms with E-state index in [0.717, 1.165) is 10.5 Å². The molecule has 0 amide bonds. The molecule has 0 aromatic carbocycles. The number of hydrogen-bond acceptors (Lipinski definition) is 3. The molecule has 76 valence electrons. The van der Waals surface area contributed by atoms with Crippen molar-refractivity contribution >= 4 is 28.2 Å². The summed E-state index contributed by atoms with van der Waals surface area (Å²) >= 11 is 1.63. The fourth-order valence-electron chi connectivity index (χ4n) is 1.06. The van der Waals surface area contributed by atoms with E-state index in [1.165, 1.54) is 0 Å². The van der Waals surface area contributed by atoms with Crippen LogP contribution in [0.2, 0.25) is 0 Å². The zero-order valence-corrected chi connectivity index (χ0v) is 9.50. The van der Waals surface area contributed by atoms with Gasteiger partial charge in [-0.3, -0.25) is 4.98 Å². The highest BCUT2D eigenvalue weighted by Gasteiger charge is 1.97. The van der Waals surface area contributed by atoms with Crippen LogP contribution in [0.15, 0.2) is 51.7 Å². The summed E-state index contributed by atoms with van der Waals surface area (Å²) in [5, 5.41) is 5.70. The van der Waals surface area contributed by atoms with Crippen molar-refractivity contribution < 1.29 is 4.21 Å². The Hall–Kier alpha value is -1.26. The zero-order valence-electron chi connectivity index (χ0n) is 7.87. The van der Waals surface area contributed by atoms with Gasteiger partial charge in [-0.15, -0.1) is 0 Å². The number of thiophene rings is 1. The first kappa shape index (κ1) is 10.3. The Bertz CT molecular complexity index is 463. The van der Waals surface area contributed by atoms with Crippen LogP contribution in [-0.4, -0.2) is 9.19 Å². The molecular formula is C11H9NOS2. The van der Waals surface area contributed by atoms with Gasteiger partial charge in [0.1, 0.15) is 0 Å². The lowest BCUT2D eigenvalue weighted by Crippen LogP contribution is -1.85. The van der Waals surface area contributed by atoms with Crippen molar-refractivity contribution in [3.8, 4) is 0 Å². The van der Waals surface area contributed by atoms with Crippen LogP contribution >= 0.6 is 11.3 Å². The predicted octanol–water partition coefficient (Wildman–Crippen LogP) is 2.92. The van der Waals surface area contributed by atoms with E-state index >= 15 is 0 Å². The minimum absolute atomic E-state index is 0.775. The van der Waals surface area contributed by atoms with E-state index in [-0.39, 0.29) is 0 Å². The molecule has 2 heterocycles. The standard InChI is InChI=1S/C11H9NOS2/c13-15(11-1-5-12-6-2-11)8-4-10-3-7-14-9-10/h1-9H/b8-4+. The van der Waals surface area contributed by atoms with E-state index < -0.39 is 10.8 Å². The van der Waals surface area contributed by atoms with Gasteiger partial charge in [0.2, 0.25) is 0 Å². The third kappa shape index (κ3) is 2.84. The van der Waals surface area contributed by atoms with Gasteiger partial charge >= 0.3 is 0 Å². The van der Waals surface area contributed by atoms with Crippen LogP contribution in [0.5, 0.6) is 0 Å². The van der Waals surface area contributed by atoms with Gasteiger partial charge in [0.15, 0.2) is 0 Å². The van der Waals surface area contributed by atoms with E-state index in [1.54, 1.807) is 41.3 Å². The molecule has 0 bridgehead atoms. The molecule has 0 N–H and O–H groups in total. The summed E-state index contributed by atoms with van der Waals surface area (Å²) in [6.45, 7) is 0. The van der Waals surface area contributed by atoms with Crippen LogP contribution < -0.4 is 0 Å². The molecule has 0 aliphatic carbocycles. The first-order chi connectivity index (χ1) is 7.36. The molecule has 0 saturated carbocycles. The maximum absolute atomic E-state index is 11.7. The number of rotatable bonds is 3. The Morgan fingerprint density at radius 1 is 1.27 bits per heavy atom. The summed E-state index contributed by atoms with van der Waals surface area (Å²) in [6.07, 6.45) is 5.16. The molecule has 1 unspecified atom stereocenters. The lowest BCUT2D eigenvalue weighted by atomic mass is 10.3. The molecule has 0 saturated heterocycles. The van der Waals surface area contributed by atoms with Gasteiger partial charge in [0, 0.05) is 22.7 Å². The lowest BCUT2D eigenvalue weighted by molar-refractivity contribution is 0.688. The first-order valence-corrected chi connectivity index (χ1v) is 6.53. The third-order valence-corrected chi connectivity index (χ3v) is 3.63. The molecule has 15 heavy (non-hydrogen) atoms. The fraction of sp³-hybridized carbons (Fsp3) is 0. The monoisotopic (exact) mass is 235 g/mol. The van der Waals surface area contributed by atoms with E-state index in [9.17, 15) is 4.21 Å². The normalized spacial score (nSPS) is 13.1. The van der Waals surface area contributed by atoms with Crippen molar-refractivity contribution in [3.63, 3.8) is 0 Å². The molecule has 2 rings (SSSR count). The Morgan fingerprint density at radius 3 is 2.73 bits per heavy atom. The molecule has 2 aromatic rings. The Labute approximate surface area is 94.8 Å². The summed E-state index contributed by atoms with van der Waals surface area (Å²) < 4.78 is 11.7. The maximum Gasteiger partial charge on any atom is 0.0777 e. The van der Waals surface area contributed by atoms with Gasteiger partial charge in [-0.05, 0) is 40.6 Å². The van der Waals surface area contributed by atoms with Crippen LogP contribution in [0.4, 0.5) is 0 Å². The molecule has 1 atom stereocenters. The largest absolute Gasteiger partial charge is 0.265 e. The summed E-state index contributed by atoms with van der Waals surface area (Å²) in [5.74, 6) is 0. The smallest absolute Gasteiger partial charge is 0.0777 e. The van der Waals surface area contributed by atoms with E-state index in [4.69, 9.17) is 0 Å². The third-order valence-electron chi connectivity index (χ3n) is 1.81. The molecule has 0 radical (unpaired) electrons. The van der Waals surface area contributed by atoms with Crippen LogP contribution in [0.25, 0.3) is 6.08 Å². The van der Waals surface area contributed by atoms with Crippen LogP contribution in [-0.2, 0) is 10.8 Å². The van der Waals surface area contributed by atoms with Gasteiger partial charge in [0.05, 0.1) is 10.8 Å². The highest BCUT2D eigenvalue weighted by molar-refractivity contribution is 7.88. The van der Waals surface area contributed by atoms with Crippen molar-refractivity contribution in [1.82, 2.24) is 4.98 Å². The second-order valence-electron chi connectivity index (χ2n) is 2.84. The minimum atomic E-state index is -1.08. The van der Waals surface area contributed by atoms with Crippen molar-refractivity contribution in [1.29, 1.82) is 0 Å². The van der Waals surface area contributed by atoms with Gasteiger partial charge in [0.25, 0.3) is 0 Å². The Morgan fingerprint density at radius 2 is 2.07 bits per heavy atom. The van der Waals surface area contributed by atoms with Crippen LogP contribution in [0.3, 0.4) is 0 Å². The van der Waals surface area contributed by atoms with Gasteiger partial charge < -0.3 is 0 Å². The van der Waals surface area contributed by atoms with E-state index in [0.29, 0.717) is 0 Å². The second kappa shape index (κ2) is 5.00. The molecule has 2 aromatic heterocycles. The fourth-order valence-corrected chi connectivity index (χ4v) is 2.52. The molecule has 0 fully saturated rings. The maximum atomic E-state index is 11.7. The van der Waals surface area contributed by atoms with Crippen LogP contribution in [0, 0.1) is 0 Å². The number of hydrogen-bond donors (Lipinski definition) is 0. The van der Waals surface area contributed by atoms with Crippen molar-refractivity contribution in [2.75, 3.05) is 0 Å². The summed E-state index contributed by atoms with van der Waals surface area (Å²) in [6, 6.07) is 5.51. The predicted molar refractivity (Wildman–Crippen MR) is 64.0 cm³/mol. The molecular weight excluding hydrogens is 226 g/mol. The molecule has 2 nitrogen and oxygen atoms in total. The lowest BCUT2D eigenvalue weighted by Gasteiger charge is -1.93. The van der Waals surface area contributed by atoms with E-state index in [1.807, 2.05) is 22.9 Å². The topological polar surface area (TPSA) is 30.0 Å². The summed E-state index contributed by atoms with van der Waals surface area (Å²) in [5.41, 5.74) is 1.09. The molecule has 4 heteroatoms. The summed E-state index contributed by atoms with van der Waals surface area (Å²) in [7, 11) is -1.08. The van der Waals surface area contributed by atoms with Crippen LogP contribution in [0.1, 0.15) is 5.56 Å². The molecule has 0 aliphatic heterocycles. The van der Waals surface area contributed by atoms with Crippen molar-refractivity contribution in [2.45, 2.75) is 4.90 Å². The highest BCUT2D eigenvalue weighted by Crippen LogP contribution is 2.11. The number of nitrogens with zero attached hydrogens (tertiary/aromatic N) is 1. The average Bonchev–Trinajstić information content (AvgIpc) is 2.80. The SMILES string of the molecule is O=S(/C=C/c1ccsc1)c1ccncc1. The number of pyridine rings is 1. The summed E-state index contributed by atoms with van der Waals surface area (Å²) in [4.78, 5) is 4.66. The van der Waals surface area contributed by atoms with Gasteiger partial charge in [-0.2, -0.15) is 11.3 Å². The zero-order chi connectivity index (χ0) is 10.5.